The smallest absolute Gasteiger partial charge is 0.334 e. The summed E-state index contributed by atoms with van der Waals surface area (Å²) < 4.78 is 1.64. The number of rotatable bonds is 6. The average molecular weight is 242 g/mol. The maximum atomic E-state index is 11.5. The van der Waals surface area contributed by atoms with E-state index < -0.39 is 18.0 Å². The lowest BCUT2D eigenvalue weighted by molar-refractivity contribution is -0.146. The van der Waals surface area contributed by atoms with Crippen LogP contribution in [0.25, 0.3) is 0 Å². The molecule has 8 heteroatoms. The number of nitrogens with zero attached hydrogens (tertiary/aromatic N) is 2. The molecular formula is C9H14N4O4. The van der Waals surface area contributed by atoms with Gasteiger partial charge in [-0.05, 0) is 0 Å². The Kier molecular flexibility index (Phi) is 4.61. The summed E-state index contributed by atoms with van der Waals surface area (Å²) in [6, 6.07) is 0. The maximum Gasteiger partial charge on any atom is 0.334 e. The summed E-state index contributed by atoms with van der Waals surface area (Å²) in [6.07, 6.45) is 1.33. The second-order valence-corrected chi connectivity index (χ2v) is 3.35. The van der Waals surface area contributed by atoms with Gasteiger partial charge in [0.2, 0.25) is 0 Å². The lowest BCUT2D eigenvalue weighted by Crippen LogP contribution is -2.36. The van der Waals surface area contributed by atoms with Crippen LogP contribution in [0.15, 0.2) is 12.5 Å². The van der Waals surface area contributed by atoms with Crippen LogP contribution in [0.5, 0.6) is 0 Å². The van der Waals surface area contributed by atoms with E-state index in [-0.39, 0.29) is 12.2 Å². The van der Waals surface area contributed by atoms with Crippen LogP contribution in [0.3, 0.4) is 0 Å². The molecule has 0 aliphatic carbocycles. The first kappa shape index (κ1) is 13.1. The molecule has 0 saturated carbocycles. The SMILES string of the molecule is NCCn1cnc(C(=O)NC[C@H](O)C(=O)O)c1. The largest absolute Gasteiger partial charge is 0.479 e. The molecule has 0 aliphatic rings. The van der Waals surface area contributed by atoms with Crippen LogP contribution in [0, 0.1) is 0 Å². The van der Waals surface area contributed by atoms with Gasteiger partial charge in [0.15, 0.2) is 6.10 Å². The van der Waals surface area contributed by atoms with Crippen molar-refractivity contribution in [1.82, 2.24) is 14.9 Å². The van der Waals surface area contributed by atoms with Crippen molar-refractivity contribution in [3.63, 3.8) is 0 Å². The lowest BCUT2D eigenvalue weighted by atomic mass is 10.3. The number of carboxylic acid groups (broad SMARTS) is 1. The third-order valence-corrected chi connectivity index (χ3v) is 1.99. The molecule has 8 nitrogen and oxygen atoms in total. The molecule has 5 N–H and O–H groups in total. The first-order valence-corrected chi connectivity index (χ1v) is 4.95. The summed E-state index contributed by atoms with van der Waals surface area (Å²) >= 11 is 0. The van der Waals surface area contributed by atoms with Crippen molar-refractivity contribution >= 4 is 11.9 Å². The number of hydrogen-bond acceptors (Lipinski definition) is 5. The fourth-order valence-electron chi connectivity index (χ4n) is 1.12. The van der Waals surface area contributed by atoms with Crippen LogP contribution in [-0.4, -0.2) is 50.8 Å². The Bertz CT molecular complexity index is 403. The number of hydrogen-bond donors (Lipinski definition) is 4. The van der Waals surface area contributed by atoms with Gasteiger partial charge in [-0.2, -0.15) is 0 Å². The standard InChI is InChI=1S/C9H14N4O4/c10-1-2-13-4-6(12-5-13)8(15)11-3-7(14)9(16)17/h4-5,7,14H,1-3,10H2,(H,11,15)(H,16,17)/t7-/m0/s1. The highest BCUT2D eigenvalue weighted by Crippen LogP contribution is 1.96. The zero-order valence-electron chi connectivity index (χ0n) is 9.04. The van der Waals surface area contributed by atoms with Crippen molar-refractivity contribution in [2.24, 2.45) is 5.73 Å². The highest BCUT2D eigenvalue weighted by atomic mass is 16.4. The van der Waals surface area contributed by atoms with Crippen LogP contribution < -0.4 is 11.1 Å². The topological polar surface area (TPSA) is 130 Å². The van der Waals surface area contributed by atoms with Crippen LogP contribution in [-0.2, 0) is 11.3 Å². The number of carbonyl (C=O) groups excluding carboxylic acids is 1. The summed E-state index contributed by atoms with van der Waals surface area (Å²) in [6.45, 7) is 0.602. The van der Waals surface area contributed by atoms with E-state index >= 15 is 0 Å². The molecule has 1 rings (SSSR count). The predicted molar refractivity (Wildman–Crippen MR) is 57.3 cm³/mol. The lowest BCUT2D eigenvalue weighted by Gasteiger charge is -2.05. The number of aromatic nitrogens is 2. The predicted octanol–water partition coefficient (Wildman–Crippen LogP) is -1.98. The average Bonchev–Trinajstić information content (AvgIpc) is 2.74. The van der Waals surface area contributed by atoms with Gasteiger partial charge in [0, 0.05) is 19.3 Å². The third kappa shape index (κ3) is 3.85. The van der Waals surface area contributed by atoms with Gasteiger partial charge in [-0.3, -0.25) is 4.79 Å². The molecule has 94 valence electrons. The highest BCUT2D eigenvalue weighted by molar-refractivity contribution is 5.92. The molecule has 0 radical (unpaired) electrons. The van der Waals surface area contributed by atoms with Gasteiger partial charge >= 0.3 is 5.97 Å². The van der Waals surface area contributed by atoms with Crippen LogP contribution in [0.2, 0.25) is 0 Å². The molecule has 0 bridgehead atoms. The Morgan fingerprint density at radius 3 is 2.88 bits per heavy atom. The molecule has 0 spiro atoms. The number of nitrogens with one attached hydrogen (secondary N) is 1. The van der Waals surface area contributed by atoms with Gasteiger partial charge in [-0.15, -0.1) is 0 Å². The molecular weight excluding hydrogens is 228 g/mol. The Labute approximate surface area is 97.1 Å². The van der Waals surface area contributed by atoms with Gasteiger partial charge in [0.25, 0.3) is 5.91 Å². The number of aliphatic carboxylic acids is 1. The molecule has 1 atom stereocenters. The summed E-state index contributed by atoms with van der Waals surface area (Å²) in [4.78, 5) is 25.6. The molecule has 0 aromatic carbocycles. The van der Waals surface area contributed by atoms with Crippen LogP contribution in [0.1, 0.15) is 10.5 Å². The fourth-order valence-corrected chi connectivity index (χ4v) is 1.12. The first-order valence-electron chi connectivity index (χ1n) is 4.95. The van der Waals surface area contributed by atoms with Crippen molar-refractivity contribution in [3.8, 4) is 0 Å². The minimum atomic E-state index is -1.62. The number of nitrogens with two attached hydrogens (primary N) is 1. The van der Waals surface area contributed by atoms with Crippen LogP contribution in [0.4, 0.5) is 0 Å². The van der Waals surface area contributed by atoms with E-state index in [1.807, 2.05) is 0 Å². The van der Waals surface area contributed by atoms with E-state index in [1.54, 1.807) is 4.57 Å². The molecule has 1 amide bonds. The highest BCUT2D eigenvalue weighted by Gasteiger charge is 2.15. The minimum Gasteiger partial charge on any atom is -0.479 e. The van der Waals surface area contributed by atoms with Crippen LogP contribution >= 0.6 is 0 Å². The monoisotopic (exact) mass is 242 g/mol. The molecule has 1 aromatic heterocycles. The normalized spacial score (nSPS) is 12.1. The molecule has 1 aromatic rings. The number of aliphatic hydroxyl groups is 1. The third-order valence-electron chi connectivity index (χ3n) is 1.99. The van der Waals surface area contributed by atoms with E-state index in [2.05, 4.69) is 10.3 Å². The quantitative estimate of drug-likeness (QED) is 0.457. The van der Waals surface area contributed by atoms with Gasteiger partial charge < -0.3 is 25.8 Å². The second kappa shape index (κ2) is 5.97. The second-order valence-electron chi connectivity index (χ2n) is 3.35. The molecule has 0 saturated heterocycles. The Hall–Kier alpha value is -1.93. The zero-order valence-corrected chi connectivity index (χ0v) is 9.04. The van der Waals surface area contributed by atoms with E-state index in [1.165, 1.54) is 12.5 Å². The number of aliphatic hydroxyl groups excluding tert-OH is 1. The minimum absolute atomic E-state index is 0.149. The van der Waals surface area contributed by atoms with Gasteiger partial charge in [0.05, 0.1) is 12.9 Å². The van der Waals surface area contributed by atoms with Crippen molar-refractivity contribution in [2.75, 3.05) is 13.1 Å². The molecule has 0 aliphatic heterocycles. The number of amides is 1. The zero-order chi connectivity index (χ0) is 12.8. The van der Waals surface area contributed by atoms with Crippen molar-refractivity contribution < 1.29 is 19.8 Å². The van der Waals surface area contributed by atoms with E-state index in [4.69, 9.17) is 15.9 Å². The number of imidazole rings is 1. The van der Waals surface area contributed by atoms with E-state index in [9.17, 15) is 9.59 Å². The molecule has 0 fully saturated rings. The Morgan fingerprint density at radius 2 is 2.29 bits per heavy atom. The van der Waals surface area contributed by atoms with E-state index in [0.29, 0.717) is 13.1 Å². The molecule has 17 heavy (non-hydrogen) atoms. The summed E-state index contributed by atoms with van der Waals surface area (Å²) in [5.41, 5.74) is 5.48. The van der Waals surface area contributed by atoms with Crippen molar-refractivity contribution in [2.45, 2.75) is 12.6 Å². The van der Waals surface area contributed by atoms with Gasteiger partial charge in [-0.25, -0.2) is 9.78 Å². The number of carbonyl (C=O) groups is 2. The molecule has 0 unspecified atom stereocenters. The van der Waals surface area contributed by atoms with Crippen molar-refractivity contribution in [1.29, 1.82) is 0 Å². The fraction of sp³-hybridized carbons (Fsp3) is 0.444. The number of carboxylic acids is 1. The first-order chi connectivity index (χ1) is 8.04. The maximum absolute atomic E-state index is 11.5. The van der Waals surface area contributed by atoms with Gasteiger partial charge in [-0.1, -0.05) is 0 Å². The van der Waals surface area contributed by atoms with Crippen molar-refractivity contribution in [3.05, 3.63) is 18.2 Å². The molecule has 1 heterocycles. The van der Waals surface area contributed by atoms with E-state index in [0.717, 1.165) is 0 Å². The van der Waals surface area contributed by atoms with Gasteiger partial charge in [0.1, 0.15) is 5.69 Å². The summed E-state index contributed by atoms with van der Waals surface area (Å²) in [5, 5.41) is 19.6. The Morgan fingerprint density at radius 1 is 1.59 bits per heavy atom. The Balaban J connectivity index is 2.49. The summed E-state index contributed by atoms with van der Waals surface area (Å²) in [7, 11) is 0. The summed E-state index contributed by atoms with van der Waals surface area (Å²) in [5.74, 6) is -1.93.